The van der Waals surface area contributed by atoms with Gasteiger partial charge in [-0.3, -0.25) is 29.1 Å². The van der Waals surface area contributed by atoms with E-state index in [0.29, 0.717) is 103 Å². The maximum atomic E-state index is 14.0. The van der Waals surface area contributed by atoms with E-state index >= 15 is 0 Å². The van der Waals surface area contributed by atoms with Crippen molar-refractivity contribution in [2.24, 2.45) is 11.8 Å². The first-order valence-electron chi connectivity index (χ1n) is 25.0. The van der Waals surface area contributed by atoms with Crippen molar-refractivity contribution in [2.45, 2.75) is 139 Å². The second-order valence-corrected chi connectivity index (χ2v) is 20.3. The van der Waals surface area contributed by atoms with Crippen LogP contribution in [0.2, 0.25) is 0 Å². The SMILES string of the molecule is CN1C(O)C[C@H](C(=O)NCCOCCOCCOCCC(=O)NC2CCC(C(=O)N[C@@H]3C[C@H](NC(C)(C)C)CC[C@@H]3N3CC[C@H](Nc4ncnc5ccc(C(F)(F)F)cc45)C3=O)CC2)[C@H]1c1cccnc1. The number of fused-ring (bicyclic) bond motifs is 1. The van der Waals surface area contributed by atoms with Crippen LogP contribution in [0.3, 0.4) is 0 Å². The third-order valence-corrected chi connectivity index (χ3v) is 14.0. The molecule has 0 bridgehead atoms. The summed E-state index contributed by atoms with van der Waals surface area (Å²) in [5, 5.41) is 26.7. The fourth-order valence-electron chi connectivity index (χ4n) is 10.5. The van der Waals surface area contributed by atoms with E-state index in [0.717, 1.165) is 24.1 Å². The van der Waals surface area contributed by atoms with Gasteiger partial charge in [-0.25, -0.2) is 9.97 Å². The third kappa shape index (κ3) is 14.8. The highest BCUT2D eigenvalue weighted by molar-refractivity contribution is 5.93. The first kappa shape index (κ1) is 53.7. The minimum Gasteiger partial charge on any atom is -0.379 e. The zero-order valence-electron chi connectivity index (χ0n) is 41.2. The molecule has 390 valence electrons. The Hall–Kier alpha value is -5.06. The summed E-state index contributed by atoms with van der Waals surface area (Å²) in [5.74, 6) is -0.992. The Morgan fingerprint density at radius 3 is 2.27 bits per heavy atom. The molecule has 18 nitrogen and oxygen atoms in total. The molecule has 0 radical (unpaired) electrons. The molecule has 7 atom stereocenters. The fraction of sp³-hybridized carbons (Fsp3) is 0.660. The molecule has 0 spiro atoms. The first-order valence-corrected chi connectivity index (χ1v) is 25.0. The van der Waals surface area contributed by atoms with Gasteiger partial charge in [0.15, 0.2) is 0 Å². The Morgan fingerprint density at radius 1 is 0.845 bits per heavy atom. The highest BCUT2D eigenvalue weighted by atomic mass is 19.4. The quantitative estimate of drug-likeness (QED) is 0.0829. The van der Waals surface area contributed by atoms with Crippen molar-refractivity contribution in [2.75, 3.05) is 65.1 Å². The number of benzene rings is 1. The topological polar surface area (TPSA) is 222 Å². The standard InChI is InChI=1S/C50H71F3N10O8/c1-49(2,3)61-35-12-14-41(63-19-15-39(48(63)68)59-45-36-26-33(50(51,52)53)9-13-38(36)56-30-57-45)40(27-35)60-46(66)31-7-10-34(11-8-31)58-42(64)16-20-69-22-24-71-25-23-70-21-18-55-47(67)37-28-43(65)62(4)44(37)32-6-5-17-54-29-32/h5-6,9,13,17,26,29-31,34-35,37,39-41,43-44,61,65H,7-8,10-12,14-16,18-25,27-28H2,1-4H3,(H,55,67)(H,58,64)(H,60,66)(H,56,57,59)/t31?,34?,35-,37+,39+,40-,41+,43?,44-/m1/s1. The van der Waals surface area contributed by atoms with Crippen molar-refractivity contribution in [3.8, 4) is 0 Å². The Labute approximate surface area is 413 Å². The van der Waals surface area contributed by atoms with Gasteiger partial charge in [-0.05, 0) is 109 Å². The number of aliphatic hydroxyl groups is 1. The molecule has 4 aliphatic rings. The van der Waals surface area contributed by atoms with Gasteiger partial charge in [0.25, 0.3) is 0 Å². The molecule has 4 fully saturated rings. The van der Waals surface area contributed by atoms with Gasteiger partial charge in [-0.2, -0.15) is 13.2 Å². The highest BCUT2D eigenvalue weighted by Crippen LogP contribution is 2.39. The molecule has 71 heavy (non-hydrogen) atoms. The number of likely N-dealkylation sites (tertiary alicyclic amines) is 2. The molecule has 4 heterocycles. The maximum Gasteiger partial charge on any atom is 0.416 e. The van der Waals surface area contributed by atoms with E-state index in [9.17, 15) is 37.5 Å². The summed E-state index contributed by atoms with van der Waals surface area (Å²) < 4.78 is 57.5. The predicted molar refractivity (Wildman–Crippen MR) is 257 cm³/mol. The summed E-state index contributed by atoms with van der Waals surface area (Å²) in [5.41, 5.74) is 0.223. The number of halogens is 3. The summed E-state index contributed by atoms with van der Waals surface area (Å²) in [7, 11) is 1.80. The van der Waals surface area contributed by atoms with E-state index in [2.05, 4.69) is 62.3 Å². The van der Waals surface area contributed by atoms with Crippen LogP contribution in [0.25, 0.3) is 10.9 Å². The highest BCUT2D eigenvalue weighted by Gasteiger charge is 2.45. The number of alkyl halides is 3. The Balaban J connectivity index is 0.772. The van der Waals surface area contributed by atoms with Gasteiger partial charge in [0.1, 0.15) is 24.4 Å². The molecule has 2 aliphatic heterocycles. The zero-order valence-corrected chi connectivity index (χ0v) is 41.2. The van der Waals surface area contributed by atoms with Crippen LogP contribution in [0, 0.1) is 11.8 Å². The number of ether oxygens (including phenoxy) is 3. The minimum absolute atomic E-state index is 0.0502. The third-order valence-electron chi connectivity index (χ3n) is 14.0. The molecule has 4 amide bonds. The normalized spacial score (nSPS) is 26.4. The summed E-state index contributed by atoms with van der Waals surface area (Å²) in [6.07, 6.45) is 4.98. The fourth-order valence-corrected chi connectivity index (χ4v) is 10.5. The molecule has 6 N–H and O–H groups in total. The van der Waals surface area contributed by atoms with Crippen molar-refractivity contribution in [3.05, 3.63) is 60.2 Å². The van der Waals surface area contributed by atoms with Gasteiger partial charge in [0, 0.05) is 67.3 Å². The number of carbonyl (C=O) groups excluding carboxylic acids is 4. The van der Waals surface area contributed by atoms with Crippen molar-refractivity contribution in [1.82, 2.24) is 46.0 Å². The molecule has 3 aromatic rings. The smallest absolute Gasteiger partial charge is 0.379 e. The number of anilines is 1. The van der Waals surface area contributed by atoms with Gasteiger partial charge in [-0.15, -0.1) is 0 Å². The number of aliphatic hydroxyl groups excluding tert-OH is 1. The summed E-state index contributed by atoms with van der Waals surface area (Å²) in [4.78, 5) is 69.8. The van der Waals surface area contributed by atoms with Gasteiger partial charge in [0.2, 0.25) is 23.6 Å². The van der Waals surface area contributed by atoms with E-state index in [4.69, 9.17) is 14.2 Å². The predicted octanol–water partition coefficient (Wildman–Crippen LogP) is 4.09. The van der Waals surface area contributed by atoms with Crippen LogP contribution in [-0.4, -0.2) is 155 Å². The molecular formula is C50H71F3N10O8. The second-order valence-electron chi connectivity index (χ2n) is 20.3. The van der Waals surface area contributed by atoms with Crippen molar-refractivity contribution in [3.63, 3.8) is 0 Å². The number of nitrogens with zero attached hydrogens (tertiary/aromatic N) is 5. The van der Waals surface area contributed by atoms with E-state index in [-0.39, 0.29) is 89.5 Å². The van der Waals surface area contributed by atoms with E-state index in [1.807, 2.05) is 17.0 Å². The molecule has 1 unspecified atom stereocenters. The molecule has 7 rings (SSSR count). The van der Waals surface area contributed by atoms with Crippen LogP contribution in [0.1, 0.15) is 102 Å². The number of rotatable bonds is 21. The molecule has 1 aromatic carbocycles. The van der Waals surface area contributed by atoms with E-state index < -0.39 is 29.9 Å². The van der Waals surface area contributed by atoms with Gasteiger partial charge in [0.05, 0.1) is 74.8 Å². The molecule has 2 aliphatic carbocycles. The maximum absolute atomic E-state index is 14.0. The average molecular weight is 997 g/mol. The lowest BCUT2D eigenvalue weighted by atomic mass is 9.82. The summed E-state index contributed by atoms with van der Waals surface area (Å²) >= 11 is 0. The van der Waals surface area contributed by atoms with Crippen molar-refractivity contribution >= 4 is 40.3 Å². The summed E-state index contributed by atoms with van der Waals surface area (Å²) in [6.45, 7) is 8.94. The van der Waals surface area contributed by atoms with Crippen LogP contribution in [0.4, 0.5) is 19.0 Å². The molecule has 2 saturated heterocycles. The van der Waals surface area contributed by atoms with Gasteiger partial charge >= 0.3 is 6.18 Å². The molecular weight excluding hydrogens is 926 g/mol. The largest absolute Gasteiger partial charge is 0.416 e. The van der Waals surface area contributed by atoms with Crippen LogP contribution in [0.15, 0.2) is 49.1 Å². The van der Waals surface area contributed by atoms with Crippen LogP contribution < -0.4 is 26.6 Å². The Bertz CT molecular complexity index is 2250. The molecule has 2 aromatic heterocycles. The minimum atomic E-state index is -4.55. The van der Waals surface area contributed by atoms with Crippen LogP contribution in [-0.2, 0) is 39.6 Å². The number of hydrogen-bond acceptors (Lipinski definition) is 14. The van der Waals surface area contributed by atoms with E-state index in [1.165, 1.54) is 12.4 Å². The lowest BCUT2D eigenvalue weighted by Gasteiger charge is -2.43. The van der Waals surface area contributed by atoms with Gasteiger partial charge in [-0.1, -0.05) is 6.07 Å². The Kier molecular flexibility index (Phi) is 18.6. The molecule has 2 saturated carbocycles. The van der Waals surface area contributed by atoms with E-state index in [1.54, 1.807) is 24.3 Å². The number of carbonyl (C=O) groups is 4. The number of amides is 4. The van der Waals surface area contributed by atoms with Crippen molar-refractivity contribution in [1.29, 1.82) is 0 Å². The number of hydrogen-bond donors (Lipinski definition) is 6. The number of aromatic nitrogens is 3. The number of nitrogens with one attached hydrogen (secondary N) is 5. The number of pyridine rings is 1. The second kappa shape index (κ2) is 24.6. The Morgan fingerprint density at radius 2 is 1.56 bits per heavy atom. The average Bonchev–Trinajstić information content (AvgIpc) is 3.85. The molecule has 21 heteroatoms. The monoisotopic (exact) mass is 997 g/mol. The van der Waals surface area contributed by atoms with Crippen LogP contribution in [0.5, 0.6) is 0 Å². The van der Waals surface area contributed by atoms with Crippen molar-refractivity contribution < 1.29 is 51.7 Å². The zero-order chi connectivity index (χ0) is 50.7. The lowest BCUT2D eigenvalue weighted by Crippen LogP contribution is -2.60. The van der Waals surface area contributed by atoms with Crippen LogP contribution >= 0.6 is 0 Å². The summed E-state index contributed by atoms with van der Waals surface area (Å²) in [6, 6.07) is 5.52. The first-order chi connectivity index (χ1) is 33.9. The van der Waals surface area contributed by atoms with Gasteiger partial charge < -0.3 is 50.8 Å². The lowest BCUT2D eigenvalue weighted by molar-refractivity contribution is -0.137.